The molecule has 2 N–H and O–H groups in total. The summed E-state index contributed by atoms with van der Waals surface area (Å²) in [5.74, 6) is -1.90. The average molecular weight is 280 g/mol. The summed E-state index contributed by atoms with van der Waals surface area (Å²) in [6.07, 6.45) is 4.14. The molecule has 106 valence electrons. The zero-order chi connectivity index (χ0) is 14.5. The van der Waals surface area contributed by atoms with Gasteiger partial charge in [0.25, 0.3) is 0 Å². The lowest BCUT2D eigenvalue weighted by molar-refractivity contribution is 0.0697. The first-order valence-electron chi connectivity index (χ1n) is 5.77. The maximum absolute atomic E-state index is 13.0. The van der Waals surface area contributed by atoms with Crippen LogP contribution in [0, 0.1) is 5.82 Å². The van der Waals surface area contributed by atoms with Crippen molar-refractivity contribution < 1.29 is 19.0 Å². The predicted octanol–water partition coefficient (Wildman–Crippen LogP) is 1.51. The zero-order valence-electron chi connectivity index (χ0n) is 10.7. The van der Waals surface area contributed by atoms with E-state index < -0.39 is 11.8 Å². The number of hydrogen-bond donors (Lipinski definition) is 2. The van der Waals surface area contributed by atoms with Crippen LogP contribution in [0.4, 0.5) is 15.9 Å². The Kier molecular flexibility index (Phi) is 4.26. The van der Waals surface area contributed by atoms with Gasteiger partial charge in [-0.25, -0.2) is 14.2 Å². The van der Waals surface area contributed by atoms with Crippen molar-refractivity contribution in [2.24, 2.45) is 0 Å². The Morgan fingerprint density at radius 2 is 2.35 bits per heavy atom. The normalized spacial score (nSPS) is 10.5. The van der Waals surface area contributed by atoms with Crippen LogP contribution in [0.15, 0.2) is 24.7 Å². The summed E-state index contributed by atoms with van der Waals surface area (Å²) < 4.78 is 19.6. The van der Waals surface area contributed by atoms with E-state index >= 15 is 0 Å². The lowest BCUT2D eigenvalue weighted by Crippen LogP contribution is -2.06. The van der Waals surface area contributed by atoms with E-state index in [0.717, 1.165) is 12.3 Å². The number of methoxy groups -OCH3 is 1. The molecule has 0 aliphatic carbocycles. The van der Waals surface area contributed by atoms with Crippen LogP contribution in [0.3, 0.4) is 0 Å². The van der Waals surface area contributed by atoms with Crippen LogP contribution in [0.2, 0.25) is 0 Å². The topological polar surface area (TPSA) is 89.3 Å². The Labute approximate surface area is 114 Å². The SMILES string of the molecule is COCCn1cc(Nc2ncc(F)cc2C(=O)O)cn1. The van der Waals surface area contributed by atoms with E-state index in [4.69, 9.17) is 9.84 Å². The van der Waals surface area contributed by atoms with E-state index in [1.807, 2.05) is 0 Å². The van der Waals surface area contributed by atoms with Crippen LogP contribution in [-0.4, -0.2) is 39.6 Å². The fraction of sp³-hybridized carbons (Fsp3) is 0.250. The zero-order valence-corrected chi connectivity index (χ0v) is 10.7. The molecule has 0 atom stereocenters. The maximum atomic E-state index is 13.0. The lowest BCUT2D eigenvalue weighted by atomic mass is 10.2. The van der Waals surface area contributed by atoms with Crippen molar-refractivity contribution in [1.82, 2.24) is 14.8 Å². The van der Waals surface area contributed by atoms with Gasteiger partial charge in [-0.3, -0.25) is 4.68 Å². The number of anilines is 2. The van der Waals surface area contributed by atoms with E-state index in [2.05, 4.69) is 15.4 Å². The highest BCUT2D eigenvalue weighted by Gasteiger charge is 2.13. The minimum atomic E-state index is -1.26. The summed E-state index contributed by atoms with van der Waals surface area (Å²) in [6, 6.07) is 0.910. The Morgan fingerprint density at radius 3 is 3.05 bits per heavy atom. The molecule has 2 heterocycles. The van der Waals surface area contributed by atoms with Crippen molar-refractivity contribution in [3.63, 3.8) is 0 Å². The number of carboxylic acid groups (broad SMARTS) is 1. The van der Waals surface area contributed by atoms with Gasteiger partial charge in [-0.2, -0.15) is 5.10 Å². The number of nitrogens with zero attached hydrogens (tertiary/aromatic N) is 3. The second-order valence-corrected chi connectivity index (χ2v) is 3.96. The standard InChI is InChI=1S/C12H13FN4O3/c1-20-3-2-17-7-9(6-15-17)16-11-10(12(18)19)4-8(13)5-14-11/h4-7H,2-3H2,1H3,(H,14,16)(H,18,19). The Morgan fingerprint density at radius 1 is 1.55 bits per heavy atom. The molecule has 2 aromatic rings. The van der Waals surface area contributed by atoms with Gasteiger partial charge < -0.3 is 15.2 Å². The highest BCUT2D eigenvalue weighted by molar-refractivity contribution is 5.93. The van der Waals surface area contributed by atoms with Gasteiger partial charge in [-0.05, 0) is 6.07 Å². The third-order valence-electron chi connectivity index (χ3n) is 2.51. The van der Waals surface area contributed by atoms with Crippen LogP contribution in [0.5, 0.6) is 0 Å². The number of hydrogen-bond acceptors (Lipinski definition) is 5. The van der Waals surface area contributed by atoms with Crippen molar-refractivity contribution in [2.75, 3.05) is 19.0 Å². The molecule has 0 unspecified atom stereocenters. The smallest absolute Gasteiger partial charge is 0.339 e. The van der Waals surface area contributed by atoms with Gasteiger partial charge >= 0.3 is 5.97 Å². The minimum absolute atomic E-state index is 0.0604. The number of carboxylic acids is 1. The number of aromatic carboxylic acids is 1. The van der Waals surface area contributed by atoms with Gasteiger partial charge in [0.15, 0.2) is 0 Å². The average Bonchev–Trinajstić information content (AvgIpc) is 2.86. The molecule has 7 nitrogen and oxygen atoms in total. The first-order valence-corrected chi connectivity index (χ1v) is 5.77. The predicted molar refractivity (Wildman–Crippen MR) is 68.5 cm³/mol. The maximum Gasteiger partial charge on any atom is 0.339 e. The quantitative estimate of drug-likeness (QED) is 0.833. The molecule has 0 aromatic carbocycles. The number of nitrogens with one attached hydrogen (secondary N) is 1. The number of halogens is 1. The monoisotopic (exact) mass is 280 g/mol. The number of pyridine rings is 1. The van der Waals surface area contributed by atoms with Gasteiger partial charge in [0.05, 0.1) is 31.2 Å². The molecule has 0 aliphatic rings. The molecule has 0 fully saturated rings. The molecule has 20 heavy (non-hydrogen) atoms. The summed E-state index contributed by atoms with van der Waals surface area (Å²) in [5, 5.41) is 15.9. The highest BCUT2D eigenvalue weighted by atomic mass is 19.1. The molecule has 0 saturated carbocycles. The fourth-order valence-electron chi connectivity index (χ4n) is 1.57. The minimum Gasteiger partial charge on any atom is -0.478 e. The van der Waals surface area contributed by atoms with Gasteiger partial charge in [0.1, 0.15) is 17.2 Å². The number of aromatic nitrogens is 3. The summed E-state index contributed by atoms with van der Waals surface area (Å²) in [6.45, 7) is 1.08. The van der Waals surface area contributed by atoms with E-state index in [0.29, 0.717) is 18.8 Å². The number of ether oxygens (including phenoxy) is 1. The van der Waals surface area contributed by atoms with Gasteiger partial charge in [-0.15, -0.1) is 0 Å². The Balaban J connectivity index is 2.17. The number of rotatable bonds is 6. The molecular formula is C12H13FN4O3. The molecule has 0 radical (unpaired) electrons. The van der Waals surface area contributed by atoms with Crippen LogP contribution in [-0.2, 0) is 11.3 Å². The third kappa shape index (κ3) is 3.29. The van der Waals surface area contributed by atoms with E-state index in [9.17, 15) is 9.18 Å². The molecule has 0 saturated heterocycles. The van der Waals surface area contributed by atoms with Crippen LogP contribution in [0.25, 0.3) is 0 Å². The molecule has 2 aromatic heterocycles. The van der Waals surface area contributed by atoms with Crippen molar-refractivity contribution in [2.45, 2.75) is 6.54 Å². The van der Waals surface area contributed by atoms with Crippen molar-refractivity contribution in [3.05, 3.63) is 36.0 Å². The first kappa shape index (κ1) is 13.9. The van der Waals surface area contributed by atoms with Crippen molar-refractivity contribution >= 4 is 17.5 Å². The fourth-order valence-corrected chi connectivity index (χ4v) is 1.57. The van der Waals surface area contributed by atoms with E-state index in [1.165, 1.54) is 6.20 Å². The molecule has 0 bridgehead atoms. The van der Waals surface area contributed by atoms with Crippen molar-refractivity contribution in [3.8, 4) is 0 Å². The largest absolute Gasteiger partial charge is 0.478 e. The second-order valence-electron chi connectivity index (χ2n) is 3.96. The van der Waals surface area contributed by atoms with Gasteiger partial charge in [-0.1, -0.05) is 0 Å². The molecule has 0 aliphatic heterocycles. The number of carbonyl (C=O) groups is 1. The highest BCUT2D eigenvalue weighted by Crippen LogP contribution is 2.19. The Hall–Kier alpha value is -2.48. The summed E-state index contributed by atoms with van der Waals surface area (Å²) >= 11 is 0. The van der Waals surface area contributed by atoms with Crippen LogP contribution < -0.4 is 5.32 Å². The third-order valence-corrected chi connectivity index (χ3v) is 2.51. The lowest BCUT2D eigenvalue weighted by Gasteiger charge is -2.06. The summed E-state index contributed by atoms with van der Waals surface area (Å²) in [5.41, 5.74) is 0.317. The van der Waals surface area contributed by atoms with E-state index in [-0.39, 0.29) is 11.4 Å². The molecular weight excluding hydrogens is 267 g/mol. The van der Waals surface area contributed by atoms with Gasteiger partial charge in [0.2, 0.25) is 0 Å². The van der Waals surface area contributed by atoms with Crippen LogP contribution >= 0.6 is 0 Å². The molecule has 2 rings (SSSR count). The summed E-state index contributed by atoms with van der Waals surface area (Å²) in [4.78, 5) is 14.8. The molecule has 0 spiro atoms. The molecule has 8 heteroatoms. The van der Waals surface area contributed by atoms with Gasteiger partial charge in [0, 0.05) is 13.3 Å². The first-order chi connectivity index (χ1) is 9.60. The van der Waals surface area contributed by atoms with Crippen LogP contribution in [0.1, 0.15) is 10.4 Å². The second kappa shape index (κ2) is 6.11. The summed E-state index contributed by atoms with van der Waals surface area (Å²) in [7, 11) is 1.59. The van der Waals surface area contributed by atoms with E-state index in [1.54, 1.807) is 18.0 Å². The van der Waals surface area contributed by atoms with Crippen molar-refractivity contribution in [1.29, 1.82) is 0 Å². The molecule has 0 amide bonds. The Bertz CT molecular complexity index is 614.